The normalized spacial score (nSPS) is 23.8. The molecule has 0 aromatic rings. The van der Waals surface area contributed by atoms with Crippen molar-refractivity contribution in [2.24, 2.45) is 11.3 Å². The van der Waals surface area contributed by atoms with Crippen LogP contribution in [0.4, 0.5) is 0 Å². The van der Waals surface area contributed by atoms with Gasteiger partial charge in [0.1, 0.15) is 0 Å². The minimum atomic E-state index is 0.289. The summed E-state index contributed by atoms with van der Waals surface area (Å²) >= 11 is 0. The average molecular weight is 171 g/mol. The van der Waals surface area contributed by atoms with Crippen molar-refractivity contribution < 1.29 is 5.11 Å². The Bertz CT molecular complexity index is 144. The van der Waals surface area contributed by atoms with Gasteiger partial charge in [0.2, 0.25) is 0 Å². The summed E-state index contributed by atoms with van der Waals surface area (Å²) in [6.45, 7) is 11.6. The fraction of sp³-hybridized carbons (Fsp3) is 1.00. The molecule has 1 aliphatic heterocycles. The first-order valence-electron chi connectivity index (χ1n) is 4.80. The smallest absolute Gasteiger partial charge is 0.0584 e. The van der Waals surface area contributed by atoms with E-state index in [4.69, 9.17) is 5.11 Å². The van der Waals surface area contributed by atoms with Crippen molar-refractivity contribution in [3.63, 3.8) is 0 Å². The van der Waals surface area contributed by atoms with Crippen molar-refractivity contribution in [2.75, 3.05) is 19.7 Å². The minimum absolute atomic E-state index is 0.289. The number of likely N-dealkylation sites (tertiary alicyclic amines) is 1. The number of aliphatic hydroxyl groups is 1. The Balaban J connectivity index is 2.29. The van der Waals surface area contributed by atoms with Gasteiger partial charge < -0.3 is 5.11 Å². The zero-order chi connectivity index (χ0) is 9.35. The standard InChI is InChI=1S/C10H21NO/c1-8(7-12)11-5-9(6-11)10(2,3)4/h8-9,12H,5-7H2,1-4H3. The van der Waals surface area contributed by atoms with Gasteiger partial charge in [-0.15, -0.1) is 0 Å². The summed E-state index contributed by atoms with van der Waals surface area (Å²) in [6, 6.07) is 0.351. The third-order valence-corrected chi connectivity index (χ3v) is 3.02. The molecule has 0 spiro atoms. The van der Waals surface area contributed by atoms with Crippen LogP contribution in [-0.2, 0) is 0 Å². The molecule has 0 aromatic carbocycles. The Labute approximate surface area is 75.6 Å². The summed E-state index contributed by atoms with van der Waals surface area (Å²) < 4.78 is 0. The zero-order valence-corrected chi connectivity index (χ0v) is 8.67. The van der Waals surface area contributed by atoms with Gasteiger partial charge in [0.25, 0.3) is 0 Å². The quantitative estimate of drug-likeness (QED) is 0.678. The Morgan fingerprint density at radius 3 is 2.25 bits per heavy atom. The van der Waals surface area contributed by atoms with Crippen LogP contribution in [0.15, 0.2) is 0 Å². The molecule has 1 atom stereocenters. The lowest BCUT2D eigenvalue weighted by Crippen LogP contribution is -2.56. The molecule has 0 aromatic heterocycles. The predicted octanol–water partition coefficient (Wildman–Crippen LogP) is 1.35. The molecule has 0 saturated carbocycles. The van der Waals surface area contributed by atoms with Crippen molar-refractivity contribution in [1.82, 2.24) is 4.90 Å². The van der Waals surface area contributed by atoms with Gasteiger partial charge in [-0.3, -0.25) is 4.90 Å². The molecule has 1 fully saturated rings. The van der Waals surface area contributed by atoms with Gasteiger partial charge in [-0.05, 0) is 18.3 Å². The first-order chi connectivity index (χ1) is 5.45. The van der Waals surface area contributed by atoms with Gasteiger partial charge in [-0.1, -0.05) is 20.8 Å². The van der Waals surface area contributed by atoms with Crippen LogP contribution in [0.2, 0.25) is 0 Å². The fourth-order valence-electron chi connectivity index (χ4n) is 1.54. The summed E-state index contributed by atoms with van der Waals surface area (Å²) in [5.41, 5.74) is 0.436. The molecule has 1 unspecified atom stereocenters. The van der Waals surface area contributed by atoms with E-state index in [2.05, 4.69) is 32.6 Å². The fourth-order valence-corrected chi connectivity index (χ4v) is 1.54. The monoisotopic (exact) mass is 171 g/mol. The summed E-state index contributed by atoms with van der Waals surface area (Å²) in [7, 11) is 0. The van der Waals surface area contributed by atoms with Gasteiger partial charge in [0.05, 0.1) is 6.61 Å². The topological polar surface area (TPSA) is 23.5 Å². The van der Waals surface area contributed by atoms with Crippen LogP contribution in [-0.4, -0.2) is 35.7 Å². The second-order valence-electron chi connectivity index (χ2n) is 5.05. The summed E-state index contributed by atoms with van der Waals surface area (Å²) in [4.78, 5) is 2.34. The number of aliphatic hydroxyl groups excluding tert-OH is 1. The minimum Gasteiger partial charge on any atom is -0.395 e. The van der Waals surface area contributed by atoms with Crippen molar-refractivity contribution in [3.05, 3.63) is 0 Å². The third-order valence-electron chi connectivity index (χ3n) is 3.02. The van der Waals surface area contributed by atoms with Crippen molar-refractivity contribution in [3.8, 4) is 0 Å². The maximum absolute atomic E-state index is 8.92. The number of hydrogen-bond acceptors (Lipinski definition) is 2. The SMILES string of the molecule is CC(CO)N1CC(C(C)(C)C)C1. The molecule has 2 nitrogen and oxygen atoms in total. The van der Waals surface area contributed by atoms with Crippen molar-refractivity contribution in [1.29, 1.82) is 0 Å². The van der Waals surface area contributed by atoms with E-state index < -0.39 is 0 Å². The van der Waals surface area contributed by atoms with Crippen LogP contribution in [0.3, 0.4) is 0 Å². The Morgan fingerprint density at radius 2 is 1.92 bits per heavy atom. The average Bonchev–Trinajstić information content (AvgIpc) is 1.80. The van der Waals surface area contributed by atoms with Gasteiger partial charge in [-0.2, -0.15) is 0 Å². The van der Waals surface area contributed by atoms with Gasteiger partial charge >= 0.3 is 0 Å². The highest BCUT2D eigenvalue weighted by Crippen LogP contribution is 2.34. The first kappa shape index (κ1) is 10.0. The molecule has 2 heteroatoms. The van der Waals surface area contributed by atoms with Crippen LogP contribution in [0.25, 0.3) is 0 Å². The number of rotatable bonds is 2. The van der Waals surface area contributed by atoms with E-state index in [9.17, 15) is 0 Å². The molecule has 0 radical (unpaired) electrons. The zero-order valence-electron chi connectivity index (χ0n) is 8.67. The van der Waals surface area contributed by atoms with Gasteiger partial charge in [0.15, 0.2) is 0 Å². The van der Waals surface area contributed by atoms with E-state index in [1.165, 1.54) is 0 Å². The second-order valence-corrected chi connectivity index (χ2v) is 5.05. The lowest BCUT2D eigenvalue weighted by Gasteiger charge is -2.48. The van der Waals surface area contributed by atoms with E-state index in [0.717, 1.165) is 19.0 Å². The predicted molar refractivity (Wildman–Crippen MR) is 51.1 cm³/mol. The van der Waals surface area contributed by atoms with Gasteiger partial charge in [0, 0.05) is 19.1 Å². The maximum Gasteiger partial charge on any atom is 0.0584 e. The van der Waals surface area contributed by atoms with Crippen LogP contribution in [0.5, 0.6) is 0 Å². The molecule has 1 aliphatic rings. The Morgan fingerprint density at radius 1 is 1.42 bits per heavy atom. The van der Waals surface area contributed by atoms with Crippen LogP contribution in [0.1, 0.15) is 27.7 Å². The third kappa shape index (κ3) is 1.99. The maximum atomic E-state index is 8.92. The molecule has 1 rings (SSSR count). The second kappa shape index (κ2) is 3.35. The summed E-state index contributed by atoms with van der Waals surface area (Å²) in [6.07, 6.45) is 0. The van der Waals surface area contributed by atoms with E-state index in [1.54, 1.807) is 0 Å². The summed E-state index contributed by atoms with van der Waals surface area (Å²) in [5, 5.41) is 8.92. The molecule has 12 heavy (non-hydrogen) atoms. The van der Waals surface area contributed by atoms with E-state index in [1.807, 2.05) is 0 Å². The van der Waals surface area contributed by atoms with E-state index in [-0.39, 0.29) is 6.61 Å². The van der Waals surface area contributed by atoms with Crippen molar-refractivity contribution >= 4 is 0 Å². The Hall–Kier alpha value is -0.0800. The molecule has 1 heterocycles. The Kier molecular flexibility index (Phi) is 2.79. The summed E-state index contributed by atoms with van der Waals surface area (Å²) in [5.74, 6) is 0.812. The molecule has 0 bridgehead atoms. The lowest BCUT2D eigenvalue weighted by molar-refractivity contribution is -0.0173. The first-order valence-corrected chi connectivity index (χ1v) is 4.80. The highest BCUT2D eigenvalue weighted by Gasteiger charge is 2.37. The van der Waals surface area contributed by atoms with E-state index >= 15 is 0 Å². The molecular weight excluding hydrogens is 150 g/mol. The highest BCUT2D eigenvalue weighted by atomic mass is 16.3. The largest absolute Gasteiger partial charge is 0.395 e. The van der Waals surface area contributed by atoms with Crippen molar-refractivity contribution in [2.45, 2.75) is 33.7 Å². The van der Waals surface area contributed by atoms with Crippen LogP contribution < -0.4 is 0 Å². The molecule has 0 aliphatic carbocycles. The van der Waals surface area contributed by atoms with E-state index in [0.29, 0.717) is 11.5 Å². The number of hydrogen-bond donors (Lipinski definition) is 1. The highest BCUT2D eigenvalue weighted by molar-refractivity contribution is 4.89. The lowest BCUT2D eigenvalue weighted by atomic mass is 9.75. The van der Waals surface area contributed by atoms with Crippen LogP contribution >= 0.6 is 0 Å². The molecule has 1 N–H and O–H groups in total. The molecule has 72 valence electrons. The van der Waals surface area contributed by atoms with Crippen LogP contribution in [0, 0.1) is 11.3 Å². The molecule has 0 amide bonds. The molecule has 1 saturated heterocycles. The van der Waals surface area contributed by atoms with Gasteiger partial charge in [-0.25, -0.2) is 0 Å². The number of nitrogens with zero attached hydrogens (tertiary/aromatic N) is 1. The molecular formula is C10H21NO.